The number of sulfonamides is 1. The van der Waals surface area contributed by atoms with E-state index in [1.165, 1.54) is 0 Å². The summed E-state index contributed by atoms with van der Waals surface area (Å²) in [7, 11) is -4.21. The Hall–Kier alpha value is -6.57. The Balaban J connectivity index is 1.15. The van der Waals surface area contributed by atoms with Gasteiger partial charge in [-0.05, 0) is 73.2 Å². The van der Waals surface area contributed by atoms with Crippen LogP contribution in [0.15, 0.2) is 145 Å². The number of hydrogen-bond acceptors (Lipinski definition) is 7. The van der Waals surface area contributed by atoms with Crippen molar-refractivity contribution >= 4 is 38.8 Å². The van der Waals surface area contributed by atoms with Crippen LogP contribution in [0.4, 0.5) is 5.95 Å². The molecule has 13 heteroatoms. The summed E-state index contributed by atoms with van der Waals surface area (Å²) >= 11 is 0. The molecule has 0 bridgehead atoms. The van der Waals surface area contributed by atoms with Gasteiger partial charge < -0.3 is 15.7 Å². The second kappa shape index (κ2) is 16.5. The molecule has 7 aromatic rings. The molecule has 5 aromatic carbocycles. The van der Waals surface area contributed by atoms with Crippen LogP contribution in [0.5, 0.6) is 0 Å². The summed E-state index contributed by atoms with van der Waals surface area (Å²) in [5.74, 6) is -1.36. The van der Waals surface area contributed by atoms with Gasteiger partial charge in [0.05, 0.1) is 16.6 Å². The first-order valence-electron chi connectivity index (χ1n) is 19.0. The largest absolute Gasteiger partial charge is 0.480 e. The molecule has 0 aliphatic heterocycles. The van der Waals surface area contributed by atoms with Gasteiger partial charge in [-0.15, -0.1) is 0 Å². The number of anilines is 1. The number of fused-ring (bicyclic) bond motifs is 1. The van der Waals surface area contributed by atoms with E-state index in [2.05, 4.69) is 56.3 Å². The summed E-state index contributed by atoms with van der Waals surface area (Å²) in [6.07, 6.45) is 5.73. The first kappa shape index (κ1) is 39.7. The number of carbonyl (C=O) groups is 2. The van der Waals surface area contributed by atoms with Gasteiger partial charge in [0.2, 0.25) is 16.0 Å². The maximum Gasteiger partial charge on any atom is 0.323 e. The number of hydrogen-bond donors (Lipinski definition) is 4. The highest BCUT2D eigenvalue weighted by Crippen LogP contribution is 2.42. The molecule has 0 spiro atoms. The van der Waals surface area contributed by atoms with Gasteiger partial charge in [-0.1, -0.05) is 116 Å². The lowest BCUT2D eigenvalue weighted by molar-refractivity contribution is -0.138. The van der Waals surface area contributed by atoms with Crippen LogP contribution in [-0.4, -0.2) is 57.3 Å². The molecular formula is C45H45N7O5S. The predicted octanol–water partition coefficient (Wildman–Crippen LogP) is 7.18. The molecule has 2 atom stereocenters. The van der Waals surface area contributed by atoms with Crippen molar-refractivity contribution in [2.75, 3.05) is 11.9 Å². The third-order valence-corrected chi connectivity index (χ3v) is 12.1. The number of carboxylic acid groups (broad SMARTS) is 1. The molecule has 4 N–H and O–H groups in total. The first-order chi connectivity index (χ1) is 27.9. The van der Waals surface area contributed by atoms with Crippen molar-refractivity contribution < 1.29 is 23.1 Å². The number of benzene rings is 5. The number of carbonyl (C=O) groups excluding carboxylic acids is 1. The number of amides is 1. The lowest BCUT2D eigenvalue weighted by Crippen LogP contribution is -2.48. The van der Waals surface area contributed by atoms with Gasteiger partial charge in [-0.25, -0.2) is 18.1 Å². The molecule has 0 aliphatic rings. The van der Waals surface area contributed by atoms with Crippen LogP contribution in [0.25, 0.3) is 10.9 Å². The van der Waals surface area contributed by atoms with E-state index >= 15 is 0 Å². The van der Waals surface area contributed by atoms with Gasteiger partial charge in [0.25, 0.3) is 5.91 Å². The predicted molar refractivity (Wildman–Crippen MR) is 224 cm³/mol. The summed E-state index contributed by atoms with van der Waals surface area (Å²) in [6.45, 7) is 6.75. The lowest BCUT2D eigenvalue weighted by Gasteiger charge is -2.38. The second-order valence-corrected chi connectivity index (χ2v) is 16.0. The van der Waals surface area contributed by atoms with Crippen LogP contribution in [-0.2, 0) is 20.4 Å². The molecule has 2 aromatic heterocycles. The van der Waals surface area contributed by atoms with Crippen molar-refractivity contribution in [3.05, 3.63) is 179 Å². The summed E-state index contributed by atoms with van der Waals surface area (Å²) < 4.78 is 32.9. The highest BCUT2D eigenvalue weighted by atomic mass is 32.2. The Kier molecular flexibility index (Phi) is 11.3. The molecule has 2 heterocycles. The van der Waals surface area contributed by atoms with Gasteiger partial charge in [0.1, 0.15) is 17.7 Å². The minimum Gasteiger partial charge on any atom is -0.480 e. The van der Waals surface area contributed by atoms with Crippen LogP contribution in [0.1, 0.15) is 63.2 Å². The normalized spacial score (nSPS) is 12.9. The Bertz CT molecular complexity index is 2560. The Labute approximate surface area is 337 Å². The standard InChI is InChI=1S/C45H45N7O5S/c1-5-40(49-44-46-23-24-51(44)45(35-15-9-6-10-16-35,36-17-11-7-12-18-36)37-19-13-8-14-20-37)52-39-22-21-33(27-34(39)28-48-52)42(53)47-29-38(43(54)55)50-58(56,57)41-31(3)25-30(2)26-32(41)4/h6-28,38,40,50H,5,29H2,1-4H3,(H,46,49)(H,47,53)(H,54,55). The van der Waals surface area contributed by atoms with E-state index in [1.807, 2.05) is 79.3 Å². The van der Waals surface area contributed by atoms with E-state index in [9.17, 15) is 23.1 Å². The van der Waals surface area contributed by atoms with Crippen molar-refractivity contribution in [3.8, 4) is 0 Å². The zero-order valence-electron chi connectivity index (χ0n) is 32.6. The Morgan fingerprint density at radius 1 is 0.810 bits per heavy atom. The fourth-order valence-electron chi connectivity index (χ4n) is 7.88. The number of rotatable bonds is 15. The molecule has 7 rings (SSSR count). The summed E-state index contributed by atoms with van der Waals surface area (Å²) in [4.78, 5) is 30.4. The summed E-state index contributed by atoms with van der Waals surface area (Å²) in [5, 5.41) is 21.6. The van der Waals surface area contributed by atoms with Crippen molar-refractivity contribution in [1.29, 1.82) is 0 Å². The first-order valence-corrected chi connectivity index (χ1v) is 20.5. The van der Waals surface area contributed by atoms with Crippen molar-refractivity contribution in [2.24, 2.45) is 0 Å². The SMILES string of the molecule is CCC(Nc1nccn1C(c1ccccc1)(c1ccccc1)c1ccccc1)n1ncc2cc(C(=O)NCC(NS(=O)(=O)c3c(C)cc(C)cc3C)C(=O)O)ccc21. The topological polar surface area (TPSA) is 160 Å². The minimum absolute atomic E-state index is 0.0184. The van der Waals surface area contributed by atoms with E-state index in [1.54, 1.807) is 56.6 Å². The molecule has 0 aliphatic carbocycles. The van der Waals surface area contributed by atoms with Crippen molar-refractivity contribution in [2.45, 2.75) is 56.8 Å². The van der Waals surface area contributed by atoms with Gasteiger partial charge in [-0.2, -0.15) is 9.82 Å². The van der Waals surface area contributed by atoms with Crippen LogP contribution < -0.4 is 15.4 Å². The average Bonchev–Trinajstić information content (AvgIpc) is 3.86. The molecule has 0 radical (unpaired) electrons. The van der Waals surface area contributed by atoms with E-state index in [-0.39, 0.29) is 16.6 Å². The van der Waals surface area contributed by atoms with Crippen LogP contribution >= 0.6 is 0 Å². The molecule has 0 saturated heterocycles. The number of aryl methyl sites for hydroxylation is 3. The van der Waals surface area contributed by atoms with Gasteiger partial charge in [0, 0.05) is 29.9 Å². The highest BCUT2D eigenvalue weighted by Gasteiger charge is 2.40. The van der Waals surface area contributed by atoms with Crippen molar-refractivity contribution in [3.63, 3.8) is 0 Å². The molecule has 0 fully saturated rings. The monoisotopic (exact) mass is 795 g/mol. The molecule has 0 saturated carbocycles. The van der Waals surface area contributed by atoms with E-state index in [0.29, 0.717) is 28.9 Å². The fraction of sp³-hybridized carbons (Fsp3) is 0.200. The Morgan fingerprint density at radius 2 is 1.38 bits per heavy atom. The zero-order valence-corrected chi connectivity index (χ0v) is 33.4. The highest BCUT2D eigenvalue weighted by molar-refractivity contribution is 7.89. The molecule has 296 valence electrons. The number of carboxylic acids is 1. The minimum atomic E-state index is -4.21. The average molecular weight is 796 g/mol. The smallest absolute Gasteiger partial charge is 0.323 e. The second-order valence-electron chi connectivity index (χ2n) is 14.3. The summed E-state index contributed by atoms with van der Waals surface area (Å²) in [5.41, 5.74) is 5.29. The number of imidazole rings is 1. The van der Waals surface area contributed by atoms with E-state index in [4.69, 9.17) is 10.1 Å². The zero-order chi connectivity index (χ0) is 41.0. The third-order valence-electron chi connectivity index (χ3n) is 10.3. The van der Waals surface area contributed by atoms with Gasteiger partial charge in [-0.3, -0.25) is 14.2 Å². The quantitative estimate of drug-likeness (QED) is 0.0795. The van der Waals surface area contributed by atoms with Crippen LogP contribution in [0.2, 0.25) is 0 Å². The number of nitrogens with zero attached hydrogens (tertiary/aromatic N) is 4. The number of nitrogens with one attached hydrogen (secondary N) is 3. The lowest BCUT2D eigenvalue weighted by atomic mass is 9.76. The molecule has 12 nitrogen and oxygen atoms in total. The molecular weight excluding hydrogens is 751 g/mol. The van der Waals surface area contributed by atoms with Crippen LogP contribution in [0, 0.1) is 20.8 Å². The van der Waals surface area contributed by atoms with E-state index in [0.717, 1.165) is 27.8 Å². The maximum atomic E-state index is 13.4. The van der Waals surface area contributed by atoms with Crippen molar-refractivity contribution in [1.82, 2.24) is 29.4 Å². The number of aromatic nitrogens is 4. The molecule has 58 heavy (non-hydrogen) atoms. The Morgan fingerprint density at radius 3 is 1.91 bits per heavy atom. The van der Waals surface area contributed by atoms with Crippen LogP contribution in [0.3, 0.4) is 0 Å². The molecule has 2 unspecified atom stereocenters. The summed E-state index contributed by atoms with van der Waals surface area (Å²) in [6, 6.07) is 38.0. The molecule has 1 amide bonds. The van der Waals surface area contributed by atoms with Gasteiger partial charge in [0.15, 0.2) is 0 Å². The fourth-order valence-corrected chi connectivity index (χ4v) is 9.52. The third kappa shape index (κ3) is 7.61. The van der Waals surface area contributed by atoms with E-state index < -0.39 is 40.0 Å². The van der Waals surface area contributed by atoms with Gasteiger partial charge >= 0.3 is 5.97 Å². The number of aliphatic carboxylic acids is 1. The maximum absolute atomic E-state index is 13.4.